The summed E-state index contributed by atoms with van der Waals surface area (Å²) in [6.45, 7) is 7.04. The molecule has 0 radical (unpaired) electrons. The van der Waals surface area contributed by atoms with Crippen LogP contribution >= 0.6 is 0 Å². The van der Waals surface area contributed by atoms with Crippen molar-refractivity contribution < 1.29 is 8.78 Å². The molecular weight excluding hydrogens is 186 g/mol. The molecule has 1 rings (SSSR count). The Morgan fingerprint density at radius 1 is 1.43 bits per heavy atom. The van der Waals surface area contributed by atoms with Crippen LogP contribution in [0.15, 0.2) is 0 Å². The molecule has 0 bridgehead atoms. The van der Waals surface area contributed by atoms with Gasteiger partial charge in [-0.1, -0.05) is 13.8 Å². The van der Waals surface area contributed by atoms with Crippen LogP contribution in [0.3, 0.4) is 0 Å². The summed E-state index contributed by atoms with van der Waals surface area (Å²) in [5, 5.41) is 2.69. The Morgan fingerprint density at radius 2 is 2.07 bits per heavy atom. The topological polar surface area (TPSA) is 15.3 Å². The number of likely N-dealkylation sites (tertiary alicyclic amines) is 1. The molecule has 14 heavy (non-hydrogen) atoms. The fourth-order valence-corrected chi connectivity index (χ4v) is 1.78. The third-order valence-electron chi connectivity index (χ3n) is 2.99. The van der Waals surface area contributed by atoms with E-state index in [4.69, 9.17) is 0 Å². The van der Waals surface area contributed by atoms with E-state index in [1.54, 1.807) is 0 Å². The lowest BCUT2D eigenvalue weighted by atomic mass is 9.91. The van der Waals surface area contributed by atoms with Crippen LogP contribution in [0.5, 0.6) is 0 Å². The predicted octanol–water partition coefficient (Wildman–Crippen LogP) is 1.57. The Balaban J connectivity index is 2.28. The highest BCUT2D eigenvalue weighted by atomic mass is 19.3. The first kappa shape index (κ1) is 11.9. The molecule has 1 saturated heterocycles. The zero-order valence-corrected chi connectivity index (χ0v) is 9.19. The molecule has 2 atom stereocenters. The van der Waals surface area contributed by atoms with Crippen LogP contribution in [-0.4, -0.2) is 43.0 Å². The summed E-state index contributed by atoms with van der Waals surface area (Å²) in [5.74, 6) is -2.03. The van der Waals surface area contributed by atoms with Crippen LogP contribution in [0.25, 0.3) is 0 Å². The summed E-state index contributed by atoms with van der Waals surface area (Å²) >= 11 is 0. The SMILES string of the molecule is CCNCC(F)(F)CN1CC(C)C1C. The summed E-state index contributed by atoms with van der Waals surface area (Å²) in [5.41, 5.74) is 0. The van der Waals surface area contributed by atoms with Gasteiger partial charge in [-0.15, -0.1) is 0 Å². The number of halogens is 2. The molecule has 4 heteroatoms. The minimum atomic E-state index is -2.59. The van der Waals surface area contributed by atoms with Crippen molar-refractivity contribution >= 4 is 0 Å². The smallest absolute Gasteiger partial charge is 0.272 e. The average molecular weight is 206 g/mol. The lowest BCUT2D eigenvalue weighted by molar-refractivity contribution is -0.0783. The van der Waals surface area contributed by atoms with Gasteiger partial charge in [0.15, 0.2) is 0 Å². The number of rotatable bonds is 5. The first-order valence-electron chi connectivity index (χ1n) is 5.29. The second-order valence-electron chi connectivity index (χ2n) is 4.28. The lowest BCUT2D eigenvalue weighted by Crippen LogP contribution is -2.58. The molecule has 0 aromatic rings. The van der Waals surface area contributed by atoms with Crippen molar-refractivity contribution in [1.29, 1.82) is 0 Å². The van der Waals surface area contributed by atoms with Gasteiger partial charge in [-0.05, 0) is 19.4 Å². The zero-order chi connectivity index (χ0) is 10.8. The molecule has 0 spiro atoms. The molecule has 1 aliphatic heterocycles. The molecule has 2 unspecified atom stereocenters. The standard InChI is InChI=1S/C10H20F2N2/c1-4-13-6-10(11,12)7-14-5-8(2)9(14)3/h8-9,13H,4-7H2,1-3H3. The molecule has 2 nitrogen and oxygen atoms in total. The monoisotopic (exact) mass is 206 g/mol. The Bertz CT molecular complexity index is 185. The van der Waals surface area contributed by atoms with Crippen LogP contribution < -0.4 is 5.32 Å². The van der Waals surface area contributed by atoms with Gasteiger partial charge in [0.05, 0.1) is 13.1 Å². The average Bonchev–Trinajstić information content (AvgIpc) is 2.14. The molecular formula is C10H20F2N2. The second-order valence-corrected chi connectivity index (χ2v) is 4.28. The normalized spacial score (nSPS) is 28.9. The van der Waals surface area contributed by atoms with E-state index in [1.807, 2.05) is 18.7 Å². The zero-order valence-electron chi connectivity index (χ0n) is 9.19. The molecule has 84 valence electrons. The molecule has 0 amide bonds. The van der Waals surface area contributed by atoms with Gasteiger partial charge in [0.2, 0.25) is 0 Å². The molecule has 1 aliphatic rings. The van der Waals surface area contributed by atoms with E-state index in [0.717, 1.165) is 6.54 Å². The summed E-state index contributed by atoms with van der Waals surface area (Å²) in [6, 6.07) is 0.308. The van der Waals surface area contributed by atoms with E-state index in [2.05, 4.69) is 12.2 Å². The fourth-order valence-electron chi connectivity index (χ4n) is 1.78. The lowest BCUT2D eigenvalue weighted by Gasteiger charge is -2.46. The van der Waals surface area contributed by atoms with Crippen molar-refractivity contribution in [3.8, 4) is 0 Å². The van der Waals surface area contributed by atoms with E-state index < -0.39 is 5.92 Å². The van der Waals surface area contributed by atoms with E-state index >= 15 is 0 Å². The number of hydrogen-bond donors (Lipinski definition) is 1. The number of hydrogen-bond acceptors (Lipinski definition) is 2. The van der Waals surface area contributed by atoms with Gasteiger partial charge in [0.25, 0.3) is 5.92 Å². The largest absolute Gasteiger partial charge is 0.311 e. The molecule has 0 saturated carbocycles. The molecule has 1 fully saturated rings. The van der Waals surface area contributed by atoms with Crippen molar-refractivity contribution in [3.05, 3.63) is 0 Å². The first-order valence-corrected chi connectivity index (χ1v) is 5.29. The van der Waals surface area contributed by atoms with E-state index in [0.29, 0.717) is 18.5 Å². The predicted molar refractivity (Wildman–Crippen MR) is 53.7 cm³/mol. The first-order chi connectivity index (χ1) is 6.46. The Kier molecular flexibility index (Phi) is 3.84. The fraction of sp³-hybridized carbons (Fsp3) is 1.00. The van der Waals surface area contributed by atoms with Gasteiger partial charge in [0.1, 0.15) is 0 Å². The minimum Gasteiger partial charge on any atom is -0.311 e. The highest BCUT2D eigenvalue weighted by Crippen LogP contribution is 2.27. The van der Waals surface area contributed by atoms with Crippen LogP contribution in [0.1, 0.15) is 20.8 Å². The highest BCUT2D eigenvalue weighted by molar-refractivity contribution is 4.89. The van der Waals surface area contributed by atoms with E-state index in [-0.39, 0.29) is 13.1 Å². The maximum absolute atomic E-state index is 13.3. The molecule has 1 heterocycles. The molecule has 0 aromatic carbocycles. The van der Waals surface area contributed by atoms with Crippen molar-refractivity contribution in [2.75, 3.05) is 26.2 Å². The van der Waals surface area contributed by atoms with Gasteiger partial charge in [-0.2, -0.15) is 0 Å². The summed E-state index contributed by atoms with van der Waals surface area (Å²) < 4.78 is 26.6. The van der Waals surface area contributed by atoms with Crippen molar-refractivity contribution in [2.24, 2.45) is 5.92 Å². The minimum absolute atomic E-state index is 0.106. The van der Waals surface area contributed by atoms with Crippen LogP contribution in [0.4, 0.5) is 8.78 Å². The van der Waals surface area contributed by atoms with Crippen molar-refractivity contribution in [3.63, 3.8) is 0 Å². The highest BCUT2D eigenvalue weighted by Gasteiger charge is 2.39. The maximum atomic E-state index is 13.3. The van der Waals surface area contributed by atoms with E-state index in [1.165, 1.54) is 0 Å². The summed E-state index contributed by atoms with van der Waals surface area (Å²) in [4.78, 5) is 1.85. The number of nitrogens with zero attached hydrogens (tertiary/aromatic N) is 1. The maximum Gasteiger partial charge on any atom is 0.272 e. The van der Waals surface area contributed by atoms with Gasteiger partial charge in [-0.25, -0.2) is 8.78 Å². The second kappa shape index (κ2) is 4.53. The van der Waals surface area contributed by atoms with Crippen LogP contribution in [0, 0.1) is 5.92 Å². The van der Waals surface area contributed by atoms with Gasteiger partial charge in [-0.3, -0.25) is 4.90 Å². The summed E-state index contributed by atoms with van der Waals surface area (Å²) in [7, 11) is 0. The molecule has 1 N–H and O–H groups in total. The van der Waals surface area contributed by atoms with Crippen molar-refractivity contribution in [1.82, 2.24) is 10.2 Å². The number of nitrogens with one attached hydrogen (secondary N) is 1. The summed E-state index contributed by atoms with van der Waals surface area (Å²) in [6.07, 6.45) is 0. The van der Waals surface area contributed by atoms with Gasteiger partial charge >= 0.3 is 0 Å². The number of alkyl halides is 2. The van der Waals surface area contributed by atoms with E-state index in [9.17, 15) is 8.78 Å². The van der Waals surface area contributed by atoms with Crippen LogP contribution in [-0.2, 0) is 0 Å². The van der Waals surface area contributed by atoms with Crippen molar-refractivity contribution in [2.45, 2.75) is 32.7 Å². The Morgan fingerprint density at radius 3 is 2.50 bits per heavy atom. The van der Waals surface area contributed by atoms with Gasteiger partial charge in [0, 0.05) is 12.6 Å². The van der Waals surface area contributed by atoms with Gasteiger partial charge < -0.3 is 5.32 Å². The Labute approximate surface area is 84.7 Å². The van der Waals surface area contributed by atoms with Crippen LogP contribution in [0.2, 0.25) is 0 Å². The third kappa shape index (κ3) is 2.89. The molecule has 0 aliphatic carbocycles. The quantitative estimate of drug-likeness (QED) is 0.734. The Hall–Kier alpha value is -0.220. The molecule has 0 aromatic heterocycles. The third-order valence-corrected chi connectivity index (χ3v) is 2.99.